The molecule has 1 fully saturated rings. The van der Waals surface area contributed by atoms with Gasteiger partial charge in [-0.15, -0.1) is 0 Å². The average Bonchev–Trinajstić information content (AvgIpc) is 2.53. The third-order valence-electron chi connectivity index (χ3n) is 4.54. The van der Waals surface area contributed by atoms with Gasteiger partial charge in [0, 0.05) is 43.4 Å². The minimum Gasteiger partial charge on any atom is -0.369 e. The van der Waals surface area contributed by atoms with Crippen LogP contribution in [0.3, 0.4) is 0 Å². The van der Waals surface area contributed by atoms with Crippen molar-refractivity contribution >= 4 is 17.3 Å². The van der Waals surface area contributed by atoms with Gasteiger partial charge in [-0.25, -0.2) is 0 Å². The first-order valence-corrected chi connectivity index (χ1v) is 8.29. The lowest BCUT2D eigenvalue weighted by Gasteiger charge is -2.37. The van der Waals surface area contributed by atoms with Gasteiger partial charge in [-0.05, 0) is 42.7 Å². The van der Waals surface area contributed by atoms with Gasteiger partial charge in [0.1, 0.15) is 0 Å². The smallest absolute Gasteiger partial charge is 0.0426 e. The Bertz CT molecular complexity index is 646. The lowest BCUT2D eigenvalue weighted by molar-refractivity contribution is 0.249. The van der Waals surface area contributed by atoms with Crippen LogP contribution in [0.25, 0.3) is 0 Å². The molecular formula is C19H23ClN2. The highest BCUT2D eigenvalue weighted by Crippen LogP contribution is 2.25. The summed E-state index contributed by atoms with van der Waals surface area (Å²) in [6.07, 6.45) is 0. The van der Waals surface area contributed by atoms with Crippen LogP contribution in [-0.4, -0.2) is 31.1 Å². The molecule has 1 heterocycles. The van der Waals surface area contributed by atoms with Crippen LogP contribution < -0.4 is 4.90 Å². The van der Waals surface area contributed by atoms with Crippen molar-refractivity contribution in [2.75, 3.05) is 31.1 Å². The second kappa shape index (κ2) is 6.72. The Morgan fingerprint density at radius 2 is 1.64 bits per heavy atom. The second-order valence-electron chi connectivity index (χ2n) is 6.12. The Balaban J connectivity index is 1.63. The molecule has 1 aliphatic rings. The van der Waals surface area contributed by atoms with E-state index in [1.165, 1.54) is 22.4 Å². The largest absolute Gasteiger partial charge is 0.369 e. The topological polar surface area (TPSA) is 6.48 Å². The summed E-state index contributed by atoms with van der Waals surface area (Å²) in [5.74, 6) is 0. The summed E-state index contributed by atoms with van der Waals surface area (Å²) < 4.78 is 0. The molecule has 1 aliphatic heterocycles. The number of rotatable bonds is 3. The summed E-state index contributed by atoms with van der Waals surface area (Å²) in [5.41, 5.74) is 5.41. The maximum atomic E-state index is 6.15. The van der Waals surface area contributed by atoms with E-state index in [-0.39, 0.29) is 0 Å². The number of hydrogen-bond donors (Lipinski definition) is 0. The average molecular weight is 315 g/mol. The van der Waals surface area contributed by atoms with Crippen LogP contribution in [0.15, 0.2) is 42.5 Å². The van der Waals surface area contributed by atoms with Crippen molar-refractivity contribution < 1.29 is 0 Å². The van der Waals surface area contributed by atoms with Gasteiger partial charge < -0.3 is 4.90 Å². The van der Waals surface area contributed by atoms with Crippen LogP contribution in [0.2, 0.25) is 5.02 Å². The van der Waals surface area contributed by atoms with E-state index >= 15 is 0 Å². The number of nitrogens with zero attached hydrogens (tertiary/aromatic N) is 2. The molecule has 116 valence electrons. The van der Waals surface area contributed by atoms with Gasteiger partial charge in [0.15, 0.2) is 0 Å². The zero-order valence-electron chi connectivity index (χ0n) is 13.3. The van der Waals surface area contributed by atoms with Crippen molar-refractivity contribution in [3.63, 3.8) is 0 Å². The quantitative estimate of drug-likeness (QED) is 0.834. The molecule has 0 unspecified atom stereocenters. The molecule has 0 bridgehead atoms. The van der Waals surface area contributed by atoms with Crippen molar-refractivity contribution in [2.45, 2.75) is 20.4 Å². The number of piperazine rings is 1. The molecular weight excluding hydrogens is 292 g/mol. The molecule has 3 rings (SSSR count). The van der Waals surface area contributed by atoms with E-state index in [1.54, 1.807) is 0 Å². The maximum absolute atomic E-state index is 6.15. The number of benzene rings is 2. The van der Waals surface area contributed by atoms with E-state index in [0.29, 0.717) is 0 Å². The SMILES string of the molecule is Cc1ccccc1CN1CCN(c2cc(Cl)ccc2C)CC1. The number of hydrogen-bond acceptors (Lipinski definition) is 2. The van der Waals surface area contributed by atoms with Gasteiger partial charge in [-0.3, -0.25) is 4.90 Å². The number of halogens is 1. The normalized spacial score (nSPS) is 16.0. The Morgan fingerprint density at radius 3 is 2.36 bits per heavy atom. The van der Waals surface area contributed by atoms with Gasteiger partial charge in [-0.1, -0.05) is 41.9 Å². The van der Waals surface area contributed by atoms with Crippen LogP contribution in [0.4, 0.5) is 5.69 Å². The fourth-order valence-electron chi connectivity index (χ4n) is 3.10. The summed E-state index contributed by atoms with van der Waals surface area (Å²) in [4.78, 5) is 4.99. The molecule has 2 aromatic carbocycles. The maximum Gasteiger partial charge on any atom is 0.0426 e. The zero-order chi connectivity index (χ0) is 15.5. The summed E-state index contributed by atoms with van der Waals surface area (Å²) >= 11 is 6.15. The summed E-state index contributed by atoms with van der Waals surface area (Å²) in [6, 6.07) is 14.8. The molecule has 22 heavy (non-hydrogen) atoms. The highest BCUT2D eigenvalue weighted by Gasteiger charge is 2.19. The van der Waals surface area contributed by atoms with E-state index in [2.05, 4.69) is 60.0 Å². The van der Waals surface area contributed by atoms with Crippen LogP contribution in [0.1, 0.15) is 16.7 Å². The van der Waals surface area contributed by atoms with E-state index in [9.17, 15) is 0 Å². The fourth-order valence-corrected chi connectivity index (χ4v) is 3.26. The second-order valence-corrected chi connectivity index (χ2v) is 6.56. The van der Waals surface area contributed by atoms with Gasteiger partial charge in [-0.2, -0.15) is 0 Å². The molecule has 0 radical (unpaired) electrons. The van der Waals surface area contributed by atoms with E-state index in [0.717, 1.165) is 37.7 Å². The molecule has 0 spiro atoms. The molecule has 1 saturated heterocycles. The summed E-state index contributed by atoms with van der Waals surface area (Å²) in [5, 5.41) is 0.822. The van der Waals surface area contributed by atoms with Gasteiger partial charge in [0.25, 0.3) is 0 Å². The molecule has 2 aromatic rings. The Morgan fingerprint density at radius 1 is 0.909 bits per heavy atom. The molecule has 0 atom stereocenters. The lowest BCUT2D eigenvalue weighted by Crippen LogP contribution is -2.46. The van der Waals surface area contributed by atoms with Crippen molar-refractivity contribution in [1.29, 1.82) is 0 Å². The highest BCUT2D eigenvalue weighted by atomic mass is 35.5. The third kappa shape index (κ3) is 3.45. The lowest BCUT2D eigenvalue weighted by atomic mass is 10.1. The molecule has 0 aromatic heterocycles. The first kappa shape index (κ1) is 15.4. The Hall–Kier alpha value is -1.51. The monoisotopic (exact) mass is 314 g/mol. The van der Waals surface area contributed by atoms with Crippen molar-refractivity contribution in [3.8, 4) is 0 Å². The number of aryl methyl sites for hydroxylation is 2. The zero-order valence-corrected chi connectivity index (χ0v) is 14.1. The standard InChI is InChI=1S/C19H23ClN2/c1-15-5-3-4-6-17(15)14-21-9-11-22(12-10-21)19-13-18(20)8-7-16(19)2/h3-8,13H,9-12,14H2,1-2H3. The number of anilines is 1. The first-order chi connectivity index (χ1) is 10.6. The van der Waals surface area contributed by atoms with Gasteiger partial charge in [0.2, 0.25) is 0 Å². The molecule has 2 nitrogen and oxygen atoms in total. The minimum atomic E-state index is 0.822. The van der Waals surface area contributed by atoms with Crippen LogP contribution in [-0.2, 0) is 6.54 Å². The highest BCUT2D eigenvalue weighted by molar-refractivity contribution is 6.30. The Kier molecular flexibility index (Phi) is 4.70. The van der Waals surface area contributed by atoms with Crippen molar-refractivity contribution in [1.82, 2.24) is 4.90 Å². The van der Waals surface area contributed by atoms with Crippen LogP contribution in [0, 0.1) is 13.8 Å². The molecule has 0 amide bonds. The van der Waals surface area contributed by atoms with E-state index in [4.69, 9.17) is 11.6 Å². The first-order valence-electron chi connectivity index (χ1n) is 7.91. The van der Waals surface area contributed by atoms with Crippen LogP contribution in [0.5, 0.6) is 0 Å². The Labute approximate surface area is 138 Å². The van der Waals surface area contributed by atoms with E-state index < -0.39 is 0 Å². The van der Waals surface area contributed by atoms with Gasteiger partial charge in [0.05, 0.1) is 0 Å². The molecule has 0 N–H and O–H groups in total. The molecule has 0 aliphatic carbocycles. The predicted molar refractivity (Wildman–Crippen MR) is 94.9 cm³/mol. The van der Waals surface area contributed by atoms with Gasteiger partial charge >= 0.3 is 0 Å². The minimum absolute atomic E-state index is 0.822. The van der Waals surface area contributed by atoms with Crippen molar-refractivity contribution in [2.24, 2.45) is 0 Å². The van der Waals surface area contributed by atoms with E-state index in [1.807, 2.05) is 6.07 Å². The van der Waals surface area contributed by atoms with Crippen LogP contribution >= 0.6 is 11.6 Å². The third-order valence-corrected chi connectivity index (χ3v) is 4.77. The summed E-state index contributed by atoms with van der Waals surface area (Å²) in [6.45, 7) is 9.72. The fraction of sp³-hybridized carbons (Fsp3) is 0.368. The molecule has 0 saturated carbocycles. The predicted octanol–water partition coefficient (Wildman–Crippen LogP) is 4.28. The van der Waals surface area contributed by atoms with Crippen molar-refractivity contribution in [3.05, 3.63) is 64.2 Å². The molecule has 3 heteroatoms. The summed E-state index contributed by atoms with van der Waals surface area (Å²) in [7, 11) is 0.